The number of nitrogens with zero attached hydrogens (tertiary/aromatic N) is 3. The highest BCUT2D eigenvalue weighted by molar-refractivity contribution is 5.96. The van der Waals surface area contributed by atoms with Gasteiger partial charge in [-0.1, -0.05) is 12.1 Å². The zero-order valence-electron chi connectivity index (χ0n) is 19.7. The Hall–Kier alpha value is -4.56. The van der Waals surface area contributed by atoms with Crippen molar-refractivity contribution in [2.24, 2.45) is 10.9 Å². The smallest absolute Gasteiger partial charge is 0.407 e. The number of rotatable bonds is 8. The maximum absolute atomic E-state index is 12.0. The summed E-state index contributed by atoms with van der Waals surface area (Å²) in [4.78, 5) is 20.4. The van der Waals surface area contributed by atoms with Crippen LogP contribution in [0.15, 0.2) is 64.5 Å². The van der Waals surface area contributed by atoms with Crippen molar-refractivity contribution in [3.63, 3.8) is 0 Å². The van der Waals surface area contributed by atoms with E-state index in [-0.39, 0.29) is 18.4 Å². The fraction of sp³-hybridized carbons (Fsp3) is 0.280. The number of nitriles is 1. The number of benzene rings is 2. The second kappa shape index (κ2) is 12.2. The Balaban J connectivity index is 1.40. The average Bonchev–Trinajstić information content (AvgIpc) is 3.61. The second-order valence-electron chi connectivity index (χ2n) is 7.95. The van der Waals surface area contributed by atoms with Crippen LogP contribution in [-0.4, -0.2) is 44.0 Å². The number of oxazole rings is 1. The van der Waals surface area contributed by atoms with Gasteiger partial charge in [0.15, 0.2) is 18.3 Å². The summed E-state index contributed by atoms with van der Waals surface area (Å²) >= 11 is 0. The van der Waals surface area contributed by atoms with E-state index >= 15 is 0 Å². The van der Waals surface area contributed by atoms with Crippen LogP contribution in [0.2, 0.25) is 0 Å². The monoisotopic (exact) mass is 490 g/mol. The molecule has 0 aliphatic carbocycles. The first-order valence-electron chi connectivity index (χ1n) is 11.3. The normalized spacial score (nSPS) is 15.1. The van der Waals surface area contributed by atoms with Crippen molar-refractivity contribution in [3.05, 3.63) is 60.6 Å². The first kappa shape index (κ1) is 24.6. The number of methoxy groups -OCH3 is 1. The Kier molecular flexibility index (Phi) is 8.35. The summed E-state index contributed by atoms with van der Waals surface area (Å²) in [6.45, 7) is 1.95. The largest absolute Gasteiger partial charge is 0.496 e. The van der Waals surface area contributed by atoms with E-state index in [1.165, 1.54) is 6.39 Å². The molecule has 1 atom stereocenters. The molecule has 36 heavy (non-hydrogen) atoms. The van der Waals surface area contributed by atoms with E-state index < -0.39 is 6.09 Å². The van der Waals surface area contributed by atoms with Gasteiger partial charge < -0.3 is 29.3 Å². The number of aliphatic imine (C=N–C) groups is 1. The van der Waals surface area contributed by atoms with Crippen LogP contribution in [0, 0.1) is 17.4 Å². The lowest BCUT2D eigenvalue weighted by Gasteiger charge is -2.12. The van der Waals surface area contributed by atoms with Gasteiger partial charge in [0.1, 0.15) is 5.75 Å². The number of carbonyl (C=O) groups is 1. The standard InChI is InChI=1S/C25H26N6O5/c1-33-22-10-20(5-6-21(22)23-12-27-16-36-23)31-24(29-15-26)30-19-4-2-3-17(9-19)11-28-25(32)35-14-18-7-8-34-13-18/h2-6,9-10,12,16,18H,7-8,11,13-14H2,1H3,(H,28,32)(H2,29,30,31). The van der Waals surface area contributed by atoms with E-state index in [0.717, 1.165) is 17.5 Å². The summed E-state index contributed by atoms with van der Waals surface area (Å²) in [7, 11) is 1.56. The van der Waals surface area contributed by atoms with E-state index in [4.69, 9.17) is 18.6 Å². The molecule has 1 aliphatic heterocycles. The van der Waals surface area contributed by atoms with Gasteiger partial charge in [0.2, 0.25) is 5.96 Å². The molecule has 3 N–H and O–H groups in total. The van der Waals surface area contributed by atoms with Crippen molar-refractivity contribution in [2.75, 3.05) is 32.2 Å². The summed E-state index contributed by atoms with van der Waals surface area (Å²) < 4.78 is 21.4. The molecule has 11 heteroatoms. The van der Waals surface area contributed by atoms with Crippen molar-refractivity contribution in [1.82, 2.24) is 15.6 Å². The van der Waals surface area contributed by atoms with Crippen LogP contribution in [-0.2, 0) is 16.0 Å². The van der Waals surface area contributed by atoms with Crippen LogP contribution in [0.25, 0.3) is 11.3 Å². The predicted molar refractivity (Wildman–Crippen MR) is 132 cm³/mol. The van der Waals surface area contributed by atoms with Gasteiger partial charge in [0, 0.05) is 30.8 Å². The molecular formula is C25H26N6O5. The van der Waals surface area contributed by atoms with Gasteiger partial charge >= 0.3 is 6.09 Å². The molecule has 1 aromatic heterocycles. The lowest BCUT2D eigenvalue weighted by Crippen LogP contribution is -2.26. The van der Waals surface area contributed by atoms with Crippen LogP contribution < -0.4 is 20.7 Å². The molecule has 0 saturated carbocycles. The molecule has 11 nitrogen and oxygen atoms in total. The van der Waals surface area contributed by atoms with E-state index in [1.54, 1.807) is 37.6 Å². The molecule has 1 fully saturated rings. The third-order valence-electron chi connectivity index (χ3n) is 5.40. The molecule has 1 aliphatic rings. The quantitative estimate of drug-likeness (QED) is 0.186. The highest BCUT2D eigenvalue weighted by atomic mass is 16.6. The lowest BCUT2D eigenvalue weighted by atomic mass is 10.1. The molecule has 3 aromatic rings. The number of aromatic nitrogens is 1. The minimum absolute atomic E-state index is 0.218. The molecule has 1 unspecified atom stereocenters. The molecular weight excluding hydrogens is 464 g/mol. The number of alkyl carbamates (subject to hydrolysis) is 1. The Labute approximate surface area is 208 Å². The Morgan fingerprint density at radius 3 is 2.97 bits per heavy atom. The summed E-state index contributed by atoms with van der Waals surface area (Å²) in [6.07, 6.45) is 5.25. The molecule has 186 valence electrons. The van der Waals surface area contributed by atoms with Crippen molar-refractivity contribution in [3.8, 4) is 23.3 Å². The molecule has 2 aromatic carbocycles. The van der Waals surface area contributed by atoms with Crippen molar-refractivity contribution in [2.45, 2.75) is 13.0 Å². The zero-order valence-corrected chi connectivity index (χ0v) is 19.7. The maximum atomic E-state index is 12.0. The van der Waals surface area contributed by atoms with E-state index in [9.17, 15) is 10.1 Å². The van der Waals surface area contributed by atoms with Gasteiger partial charge in [0.25, 0.3) is 0 Å². The zero-order chi connectivity index (χ0) is 25.2. The SMILES string of the molecule is COc1cc(N/C(=N/c2cccc(CNC(=O)OCC3CCOC3)c2)NC#N)ccc1-c1cnco1. The third-order valence-corrected chi connectivity index (χ3v) is 5.40. The van der Waals surface area contributed by atoms with Gasteiger partial charge in [-0.3, -0.25) is 5.32 Å². The summed E-state index contributed by atoms with van der Waals surface area (Å²) in [5.41, 5.74) is 2.79. The number of guanidine groups is 1. The number of carbonyl (C=O) groups excluding carboxylic acids is 1. The Morgan fingerprint density at radius 1 is 1.31 bits per heavy atom. The second-order valence-corrected chi connectivity index (χ2v) is 7.95. The number of amides is 1. The predicted octanol–water partition coefficient (Wildman–Crippen LogP) is 3.78. The van der Waals surface area contributed by atoms with Crippen LogP contribution >= 0.6 is 0 Å². The number of anilines is 1. The van der Waals surface area contributed by atoms with Gasteiger partial charge in [-0.15, -0.1) is 0 Å². The minimum atomic E-state index is -0.480. The van der Waals surface area contributed by atoms with Gasteiger partial charge in [-0.2, -0.15) is 5.26 Å². The Morgan fingerprint density at radius 2 is 2.22 bits per heavy atom. The molecule has 1 amide bonds. The lowest BCUT2D eigenvalue weighted by molar-refractivity contribution is 0.116. The van der Waals surface area contributed by atoms with Crippen LogP contribution in [0.5, 0.6) is 5.75 Å². The number of ether oxygens (including phenoxy) is 3. The fourth-order valence-corrected chi connectivity index (χ4v) is 3.60. The van der Waals surface area contributed by atoms with Crippen molar-refractivity contribution >= 4 is 23.4 Å². The highest BCUT2D eigenvalue weighted by Gasteiger charge is 2.17. The van der Waals surface area contributed by atoms with Crippen LogP contribution in [0.1, 0.15) is 12.0 Å². The van der Waals surface area contributed by atoms with E-state index in [0.29, 0.717) is 42.7 Å². The first-order chi connectivity index (χ1) is 17.6. The van der Waals surface area contributed by atoms with Gasteiger partial charge in [-0.05, 0) is 36.2 Å². The van der Waals surface area contributed by atoms with Crippen molar-refractivity contribution in [1.29, 1.82) is 5.26 Å². The molecule has 0 spiro atoms. The summed E-state index contributed by atoms with van der Waals surface area (Å²) in [6, 6.07) is 12.7. The van der Waals surface area contributed by atoms with E-state index in [1.807, 2.05) is 24.4 Å². The Bertz CT molecular complexity index is 1230. The van der Waals surface area contributed by atoms with Crippen LogP contribution in [0.4, 0.5) is 16.2 Å². The van der Waals surface area contributed by atoms with Gasteiger partial charge in [0.05, 0.1) is 37.8 Å². The summed E-state index contributed by atoms with van der Waals surface area (Å²) in [5.74, 6) is 1.61. The number of nitrogens with one attached hydrogen (secondary N) is 3. The topological polar surface area (TPSA) is 143 Å². The molecule has 1 saturated heterocycles. The molecule has 0 bridgehead atoms. The van der Waals surface area contributed by atoms with E-state index in [2.05, 4.69) is 25.9 Å². The maximum Gasteiger partial charge on any atom is 0.407 e. The third kappa shape index (κ3) is 6.74. The first-order valence-corrected chi connectivity index (χ1v) is 11.3. The summed E-state index contributed by atoms with van der Waals surface area (Å²) in [5, 5.41) is 17.6. The van der Waals surface area contributed by atoms with Crippen molar-refractivity contribution < 1.29 is 23.4 Å². The van der Waals surface area contributed by atoms with Crippen LogP contribution in [0.3, 0.4) is 0 Å². The minimum Gasteiger partial charge on any atom is -0.496 e. The number of hydrogen-bond acceptors (Lipinski definition) is 8. The van der Waals surface area contributed by atoms with Gasteiger partial charge in [-0.25, -0.2) is 14.8 Å². The average molecular weight is 491 g/mol. The number of hydrogen-bond donors (Lipinski definition) is 3. The highest BCUT2D eigenvalue weighted by Crippen LogP contribution is 2.32. The molecule has 0 radical (unpaired) electrons. The molecule has 4 rings (SSSR count). The fourth-order valence-electron chi connectivity index (χ4n) is 3.60. The molecule has 2 heterocycles.